The Kier molecular flexibility index (Phi) is 15.6. The average molecular weight is 794 g/mol. The van der Waals surface area contributed by atoms with Gasteiger partial charge < -0.3 is 18.3 Å². The fourth-order valence-electron chi connectivity index (χ4n) is 6.60. The van der Waals surface area contributed by atoms with E-state index in [2.05, 4.69) is 129 Å². The number of rotatable bonds is 8. The lowest BCUT2D eigenvalue weighted by Crippen LogP contribution is -2.00. The summed E-state index contributed by atoms with van der Waals surface area (Å²) < 4.78 is 8.21. The van der Waals surface area contributed by atoms with E-state index in [-0.39, 0.29) is 0 Å². The summed E-state index contributed by atoms with van der Waals surface area (Å²) in [7, 11) is 8.08. The van der Waals surface area contributed by atoms with Gasteiger partial charge in [-0.3, -0.25) is 0 Å². The molecule has 0 amide bonds. The lowest BCUT2D eigenvalue weighted by atomic mass is 9.99. The zero-order valence-corrected chi connectivity index (χ0v) is 36.2. The smallest absolute Gasteiger partial charge is 0.0945 e. The van der Waals surface area contributed by atoms with Gasteiger partial charge in [0.25, 0.3) is 0 Å². The van der Waals surface area contributed by atoms with Gasteiger partial charge in [0, 0.05) is 106 Å². The summed E-state index contributed by atoms with van der Waals surface area (Å²) in [5, 5.41) is 0.814. The van der Waals surface area contributed by atoms with Crippen LogP contribution in [0.25, 0.3) is 0 Å². The molecule has 0 atom stereocenters. The highest BCUT2D eigenvalue weighted by Crippen LogP contribution is 2.20. The molecule has 4 aromatic carbocycles. The van der Waals surface area contributed by atoms with Crippen molar-refractivity contribution in [3.63, 3.8) is 0 Å². The number of hydrogen-bond acceptors (Lipinski definition) is 4. The predicted octanol–water partition coefficient (Wildman–Crippen LogP) is 10.2. The fourth-order valence-corrected chi connectivity index (χ4v) is 6.80. The van der Waals surface area contributed by atoms with E-state index >= 15 is 0 Å². The van der Waals surface area contributed by atoms with Crippen molar-refractivity contribution in [1.82, 2.24) is 38.2 Å². The summed E-state index contributed by atoms with van der Waals surface area (Å²) in [6, 6.07) is 29.4. The van der Waals surface area contributed by atoms with Gasteiger partial charge in [-0.1, -0.05) is 96.0 Å². The third-order valence-electron chi connectivity index (χ3n) is 10.6. The van der Waals surface area contributed by atoms with Crippen LogP contribution in [0.4, 0.5) is 0 Å². The Morgan fingerprint density at radius 2 is 0.879 bits per heavy atom. The van der Waals surface area contributed by atoms with Crippen molar-refractivity contribution in [1.29, 1.82) is 0 Å². The molecule has 4 heterocycles. The maximum atomic E-state index is 6.06. The van der Waals surface area contributed by atoms with Crippen LogP contribution in [-0.4, -0.2) is 38.2 Å². The first-order chi connectivity index (χ1) is 27.9. The SMILES string of the molecule is Cc1cccc(C)c1Cc1cncn1C.Cc1cccc(Cc2cncn2C)c1.Cc1cccc(Cc2cncn2C)c1C.Cn1cncc1Cc1ccccc1Cl. The summed E-state index contributed by atoms with van der Waals surface area (Å²) in [5.41, 5.74) is 17.0. The van der Waals surface area contributed by atoms with E-state index in [9.17, 15) is 0 Å². The number of aromatic nitrogens is 8. The van der Waals surface area contributed by atoms with Crippen LogP contribution in [-0.2, 0) is 53.9 Å². The molecule has 9 heteroatoms. The summed E-state index contributed by atoms with van der Waals surface area (Å²) in [6.45, 7) is 10.8. The third-order valence-corrected chi connectivity index (χ3v) is 10.9. The lowest BCUT2D eigenvalue weighted by molar-refractivity contribution is 0.841. The standard InChI is InChI=1S/2C13H16N2.C12H14N2.C11H11ClN2/c1-10-5-4-6-12(11(10)2)7-13-8-14-9-15(13)3;1-10-5-4-6-11(2)13(10)7-12-8-14-9-15(12)3;1-10-4-3-5-11(6-10)7-12-8-13-9-14(12)2;1-14-8-13-7-10(14)6-9-4-2-3-5-11(9)12/h2*4-6,8-9H,7H2,1-3H3;3-6,8-9H,7H2,1-2H3;2-5,7-8H,6H2,1H3. The van der Waals surface area contributed by atoms with Crippen molar-refractivity contribution in [2.24, 2.45) is 28.2 Å². The Labute approximate surface area is 349 Å². The highest BCUT2D eigenvalue weighted by Gasteiger charge is 2.07. The van der Waals surface area contributed by atoms with E-state index < -0.39 is 0 Å². The first-order valence-corrected chi connectivity index (χ1v) is 20.0. The Hall–Kier alpha value is -5.99. The number of imidazole rings is 4. The van der Waals surface area contributed by atoms with Crippen LogP contribution >= 0.6 is 11.6 Å². The minimum atomic E-state index is 0.814. The van der Waals surface area contributed by atoms with E-state index in [4.69, 9.17) is 11.6 Å². The van der Waals surface area contributed by atoms with E-state index in [1.165, 1.54) is 61.6 Å². The summed E-state index contributed by atoms with van der Waals surface area (Å²) in [5.74, 6) is 0. The van der Waals surface area contributed by atoms with Crippen LogP contribution < -0.4 is 0 Å². The lowest BCUT2D eigenvalue weighted by Gasteiger charge is -2.09. The second kappa shape index (κ2) is 21.0. The molecule has 8 nitrogen and oxygen atoms in total. The van der Waals surface area contributed by atoms with Crippen LogP contribution in [0.5, 0.6) is 0 Å². The zero-order valence-electron chi connectivity index (χ0n) is 35.5. The Morgan fingerprint density at radius 3 is 1.38 bits per heavy atom. The number of hydrogen-bond donors (Lipinski definition) is 0. The quantitative estimate of drug-likeness (QED) is 0.154. The van der Waals surface area contributed by atoms with Crippen LogP contribution in [0.15, 0.2) is 135 Å². The van der Waals surface area contributed by atoms with Crippen molar-refractivity contribution in [3.05, 3.63) is 213 Å². The first kappa shape index (κ1) is 43.1. The summed E-state index contributed by atoms with van der Waals surface area (Å²) in [6.07, 6.45) is 18.7. The van der Waals surface area contributed by atoms with Gasteiger partial charge in [-0.05, 0) is 85.2 Å². The van der Waals surface area contributed by atoms with Crippen LogP contribution in [0.2, 0.25) is 5.02 Å². The number of aryl methyl sites for hydroxylation is 8. The van der Waals surface area contributed by atoms with Gasteiger partial charge in [-0.2, -0.15) is 0 Å². The maximum absolute atomic E-state index is 6.06. The summed E-state index contributed by atoms with van der Waals surface area (Å²) in [4.78, 5) is 16.4. The number of halogens is 1. The van der Waals surface area contributed by atoms with E-state index in [1.54, 1.807) is 6.33 Å². The molecule has 0 spiro atoms. The highest BCUT2D eigenvalue weighted by molar-refractivity contribution is 6.31. The second-order valence-electron chi connectivity index (χ2n) is 15.0. The maximum Gasteiger partial charge on any atom is 0.0945 e. The minimum absolute atomic E-state index is 0.814. The molecular formula is C49H57ClN8. The van der Waals surface area contributed by atoms with Crippen molar-refractivity contribution in [2.45, 2.75) is 60.3 Å². The van der Waals surface area contributed by atoms with E-state index in [1.807, 2.05) is 101 Å². The molecule has 0 saturated carbocycles. The normalized spacial score (nSPS) is 10.5. The molecule has 0 N–H and O–H groups in total. The Morgan fingerprint density at radius 1 is 0.448 bits per heavy atom. The van der Waals surface area contributed by atoms with Crippen LogP contribution in [0.1, 0.15) is 72.8 Å². The molecule has 0 aliphatic carbocycles. The molecule has 0 bridgehead atoms. The molecule has 0 aliphatic rings. The van der Waals surface area contributed by atoms with Gasteiger partial charge in [0.15, 0.2) is 0 Å². The van der Waals surface area contributed by atoms with Crippen molar-refractivity contribution >= 4 is 11.6 Å². The van der Waals surface area contributed by atoms with Crippen LogP contribution in [0, 0.1) is 34.6 Å². The summed E-state index contributed by atoms with van der Waals surface area (Å²) >= 11 is 6.06. The third kappa shape index (κ3) is 12.3. The number of nitrogens with zero attached hydrogens (tertiary/aromatic N) is 8. The van der Waals surface area contributed by atoms with E-state index in [0.29, 0.717) is 0 Å². The fraction of sp³-hybridized carbons (Fsp3) is 0.265. The second-order valence-corrected chi connectivity index (χ2v) is 15.4. The molecule has 4 aromatic heterocycles. The molecule has 8 rings (SSSR count). The van der Waals surface area contributed by atoms with Crippen molar-refractivity contribution in [3.8, 4) is 0 Å². The van der Waals surface area contributed by atoms with Gasteiger partial charge in [0.05, 0.1) is 25.3 Å². The molecule has 0 fully saturated rings. The highest BCUT2D eigenvalue weighted by atomic mass is 35.5. The monoisotopic (exact) mass is 792 g/mol. The molecular weight excluding hydrogens is 736 g/mol. The minimum Gasteiger partial charge on any atom is -0.337 e. The molecule has 0 aliphatic heterocycles. The predicted molar refractivity (Wildman–Crippen MR) is 239 cm³/mol. The van der Waals surface area contributed by atoms with Crippen molar-refractivity contribution < 1.29 is 0 Å². The van der Waals surface area contributed by atoms with Gasteiger partial charge >= 0.3 is 0 Å². The van der Waals surface area contributed by atoms with Gasteiger partial charge in [0.2, 0.25) is 0 Å². The van der Waals surface area contributed by atoms with Crippen LogP contribution in [0.3, 0.4) is 0 Å². The van der Waals surface area contributed by atoms with E-state index in [0.717, 1.165) is 42.0 Å². The molecule has 0 saturated heterocycles. The van der Waals surface area contributed by atoms with Crippen molar-refractivity contribution in [2.75, 3.05) is 0 Å². The first-order valence-electron chi connectivity index (χ1n) is 19.6. The average Bonchev–Trinajstić information content (AvgIpc) is 4.01. The Balaban J connectivity index is 0.000000147. The largest absolute Gasteiger partial charge is 0.337 e. The molecule has 8 aromatic rings. The Bertz CT molecular complexity index is 2480. The molecule has 58 heavy (non-hydrogen) atoms. The zero-order chi connectivity index (χ0) is 41.6. The molecule has 300 valence electrons. The number of benzene rings is 4. The van der Waals surface area contributed by atoms with Gasteiger partial charge in [0.1, 0.15) is 0 Å². The molecule has 0 radical (unpaired) electrons. The molecule has 0 unspecified atom stereocenters. The van der Waals surface area contributed by atoms with Gasteiger partial charge in [-0.25, -0.2) is 19.9 Å². The van der Waals surface area contributed by atoms with Gasteiger partial charge in [-0.15, -0.1) is 0 Å². The topological polar surface area (TPSA) is 71.3 Å².